The van der Waals surface area contributed by atoms with Crippen molar-refractivity contribution in [3.05, 3.63) is 77.4 Å². The van der Waals surface area contributed by atoms with E-state index in [4.69, 9.17) is 24.7 Å². The van der Waals surface area contributed by atoms with Crippen LogP contribution in [-0.2, 0) is 30.2 Å². The first-order chi connectivity index (χ1) is 19.1. The maximum absolute atomic E-state index is 9.96. The van der Waals surface area contributed by atoms with Crippen LogP contribution in [-0.4, -0.2) is 91.2 Å². The monoisotopic (exact) mass is 542 g/mol. The molecule has 0 spiro atoms. The van der Waals surface area contributed by atoms with Gasteiger partial charge in [-0.05, 0) is 68.1 Å². The Morgan fingerprint density at radius 1 is 0.897 bits per heavy atom. The number of carbonyl (C=O) groups excluding carboxylic acids is 1. The third-order valence-electron chi connectivity index (χ3n) is 5.87. The minimum atomic E-state index is 0.436. The molecule has 0 amide bonds. The molecule has 0 atom stereocenters. The van der Waals surface area contributed by atoms with Gasteiger partial charge in [-0.1, -0.05) is 55.1 Å². The second-order valence-corrected chi connectivity index (χ2v) is 9.20. The highest BCUT2D eigenvalue weighted by atomic mass is 16.6. The Morgan fingerprint density at radius 2 is 1.51 bits per heavy atom. The van der Waals surface area contributed by atoms with Gasteiger partial charge in [-0.3, -0.25) is 0 Å². The number of nitrogens with zero attached hydrogens (tertiary/aromatic N) is 1. The largest absolute Gasteiger partial charge is 0.379 e. The number of aryl methyl sites for hydroxylation is 1. The SMILES string of the molecule is C=CC1=C(/C=C\C)/C(=C/CCN(C)C)c2ccccc2CC1.NCCOCCOCCOCCOCCC=O. The highest BCUT2D eigenvalue weighted by Crippen LogP contribution is 2.35. The van der Waals surface area contributed by atoms with Crippen molar-refractivity contribution in [1.29, 1.82) is 0 Å². The summed E-state index contributed by atoms with van der Waals surface area (Å²) in [5.74, 6) is 0. The number of rotatable bonds is 19. The Balaban J connectivity index is 0.000000406. The van der Waals surface area contributed by atoms with Gasteiger partial charge in [0.2, 0.25) is 0 Å². The molecule has 0 fully saturated rings. The van der Waals surface area contributed by atoms with E-state index in [1.807, 2.05) is 6.08 Å². The lowest BCUT2D eigenvalue weighted by molar-refractivity contribution is -0.108. The van der Waals surface area contributed by atoms with Crippen LogP contribution in [0.3, 0.4) is 0 Å². The fourth-order valence-corrected chi connectivity index (χ4v) is 3.96. The summed E-state index contributed by atoms with van der Waals surface area (Å²) in [6.45, 7) is 12.0. The molecule has 7 nitrogen and oxygen atoms in total. The molecule has 2 rings (SSSR count). The third-order valence-corrected chi connectivity index (χ3v) is 5.87. The Hall–Kier alpha value is -2.39. The lowest BCUT2D eigenvalue weighted by Gasteiger charge is -2.14. The summed E-state index contributed by atoms with van der Waals surface area (Å²) in [7, 11) is 4.24. The van der Waals surface area contributed by atoms with Gasteiger partial charge < -0.3 is 34.4 Å². The van der Waals surface area contributed by atoms with E-state index in [0.717, 1.165) is 32.1 Å². The smallest absolute Gasteiger partial charge is 0.122 e. The molecule has 7 heteroatoms. The molecule has 0 bridgehead atoms. The van der Waals surface area contributed by atoms with Gasteiger partial charge in [-0.25, -0.2) is 0 Å². The van der Waals surface area contributed by atoms with Crippen molar-refractivity contribution in [2.45, 2.75) is 32.6 Å². The van der Waals surface area contributed by atoms with E-state index in [-0.39, 0.29) is 0 Å². The van der Waals surface area contributed by atoms with Crippen LogP contribution in [0.15, 0.2) is 66.3 Å². The predicted octanol–water partition coefficient (Wildman–Crippen LogP) is 4.63. The van der Waals surface area contributed by atoms with Crippen LogP contribution in [0.5, 0.6) is 0 Å². The molecule has 0 radical (unpaired) electrons. The highest BCUT2D eigenvalue weighted by Gasteiger charge is 2.17. The summed E-state index contributed by atoms with van der Waals surface area (Å²) in [5.41, 5.74) is 12.1. The van der Waals surface area contributed by atoms with E-state index in [2.05, 4.69) is 75.0 Å². The maximum atomic E-state index is 9.96. The Labute approximate surface area is 236 Å². The molecule has 0 saturated carbocycles. The summed E-state index contributed by atoms with van der Waals surface area (Å²) in [4.78, 5) is 12.2. The molecule has 0 unspecified atom stereocenters. The van der Waals surface area contributed by atoms with Crippen molar-refractivity contribution in [2.75, 3.05) is 80.0 Å². The van der Waals surface area contributed by atoms with Gasteiger partial charge in [0.1, 0.15) is 6.29 Å². The molecule has 1 aromatic carbocycles. The molecule has 0 aliphatic heterocycles. The minimum Gasteiger partial charge on any atom is -0.379 e. The minimum absolute atomic E-state index is 0.436. The maximum Gasteiger partial charge on any atom is 0.122 e. The Morgan fingerprint density at radius 3 is 2.08 bits per heavy atom. The molecule has 2 N–H and O–H groups in total. The molecule has 1 aliphatic carbocycles. The van der Waals surface area contributed by atoms with Crippen molar-refractivity contribution in [2.24, 2.45) is 5.73 Å². The zero-order valence-corrected chi connectivity index (χ0v) is 24.4. The standard InChI is InChI=1S/C21H27N.C11H23NO5/c1-5-10-19-17(6-2)14-15-18-11-7-8-12-20(18)21(19)13-9-16-22(3)4;12-2-5-15-7-9-17-11-10-16-8-6-14-4-1-3-13/h5-8,10-13H,2,9,14-16H2,1,3-4H3;3H,1-2,4-12H2/b10-5-,21-13-;. The lowest BCUT2D eigenvalue weighted by Crippen LogP contribution is -2.14. The number of hydrogen-bond acceptors (Lipinski definition) is 7. The third kappa shape index (κ3) is 15.7. The molecule has 0 aromatic heterocycles. The van der Waals surface area contributed by atoms with E-state index in [1.165, 1.54) is 27.8 Å². The lowest BCUT2D eigenvalue weighted by atomic mass is 9.92. The molecule has 1 aromatic rings. The summed E-state index contributed by atoms with van der Waals surface area (Å²) in [5, 5.41) is 0. The number of carbonyl (C=O) groups is 1. The van der Waals surface area contributed by atoms with Gasteiger partial charge in [0.15, 0.2) is 0 Å². The number of allylic oxidation sites excluding steroid dienone is 6. The normalized spacial score (nSPS) is 14.3. The van der Waals surface area contributed by atoms with Crippen molar-refractivity contribution in [3.8, 4) is 0 Å². The van der Waals surface area contributed by atoms with E-state index in [1.54, 1.807) is 0 Å². The average Bonchev–Trinajstić information content (AvgIpc) is 3.08. The molecule has 0 saturated heterocycles. The van der Waals surface area contributed by atoms with Gasteiger partial charge in [0.05, 0.1) is 52.9 Å². The van der Waals surface area contributed by atoms with Crippen molar-refractivity contribution in [1.82, 2.24) is 4.90 Å². The topological polar surface area (TPSA) is 83.2 Å². The van der Waals surface area contributed by atoms with Gasteiger partial charge in [0.25, 0.3) is 0 Å². The fraction of sp³-hybridized carbons (Fsp3) is 0.531. The second kappa shape index (κ2) is 23.5. The van der Waals surface area contributed by atoms with Crippen LogP contribution in [0.2, 0.25) is 0 Å². The van der Waals surface area contributed by atoms with E-state index < -0.39 is 0 Å². The molecule has 1 aliphatic rings. The number of ether oxygens (including phenoxy) is 4. The van der Waals surface area contributed by atoms with Crippen LogP contribution in [0.25, 0.3) is 5.57 Å². The first-order valence-electron chi connectivity index (χ1n) is 13.9. The van der Waals surface area contributed by atoms with Crippen LogP contribution in [0.4, 0.5) is 0 Å². The van der Waals surface area contributed by atoms with Crippen LogP contribution >= 0.6 is 0 Å². The quantitative estimate of drug-likeness (QED) is 0.202. The van der Waals surface area contributed by atoms with Gasteiger partial charge >= 0.3 is 0 Å². The highest BCUT2D eigenvalue weighted by molar-refractivity contribution is 5.85. The zero-order valence-electron chi connectivity index (χ0n) is 24.4. The molecule has 39 heavy (non-hydrogen) atoms. The van der Waals surface area contributed by atoms with Crippen LogP contribution in [0, 0.1) is 0 Å². The Kier molecular flexibility index (Phi) is 20.9. The number of nitrogens with two attached hydrogens (primary N) is 1. The summed E-state index contributed by atoms with van der Waals surface area (Å²) < 4.78 is 20.7. The van der Waals surface area contributed by atoms with E-state index in [9.17, 15) is 4.79 Å². The fourth-order valence-electron chi connectivity index (χ4n) is 3.96. The second-order valence-electron chi connectivity index (χ2n) is 9.20. The van der Waals surface area contributed by atoms with Crippen molar-refractivity contribution < 1.29 is 23.7 Å². The summed E-state index contributed by atoms with van der Waals surface area (Å²) in [6.07, 6.45) is 13.3. The molecule has 0 heterocycles. The van der Waals surface area contributed by atoms with Crippen LogP contribution in [0.1, 0.15) is 37.3 Å². The summed E-state index contributed by atoms with van der Waals surface area (Å²) >= 11 is 0. The Bertz CT molecular complexity index is 892. The summed E-state index contributed by atoms with van der Waals surface area (Å²) in [6, 6.07) is 8.80. The average molecular weight is 543 g/mol. The number of hydrogen-bond donors (Lipinski definition) is 1. The predicted molar refractivity (Wildman–Crippen MR) is 161 cm³/mol. The molecule has 218 valence electrons. The molecular weight excluding hydrogens is 492 g/mol. The first-order valence-corrected chi connectivity index (χ1v) is 13.9. The van der Waals surface area contributed by atoms with Gasteiger partial charge in [-0.2, -0.15) is 0 Å². The van der Waals surface area contributed by atoms with Gasteiger partial charge in [-0.15, -0.1) is 0 Å². The van der Waals surface area contributed by atoms with Crippen molar-refractivity contribution >= 4 is 11.9 Å². The number of aldehydes is 1. The number of benzene rings is 1. The van der Waals surface area contributed by atoms with E-state index in [0.29, 0.717) is 65.8 Å². The van der Waals surface area contributed by atoms with Crippen molar-refractivity contribution in [3.63, 3.8) is 0 Å². The first kappa shape index (κ1) is 34.6. The van der Waals surface area contributed by atoms with E-state index >= 15 is 0 Å². The molecular formula is C32H50N2O5. The number of fused-ring (bicyclic) bond motifs is 1. The van der Waals surface area contributed by atoms with Gasteiger partial charge in [0, 0.05) is 19.5 Å². The zero-order chi connectivity index (χ0) is 28.6. The van der Waals surface area contributed by atoms with Crippen LogP contribution < -0.4 is 5.73 Å².